The SMILES string of the molecule is CCC(CC)c1cc(C(=O)N2C[C@@H](CN)[C@H](c3ccccc3)C2)on1.Cl. The van der Waals surface area contributed by atoms with E-state index in [1.165, 1.54) is 5.56 Å². The van der Waals surface area contributed by atoms with Crippen molar-refractivity contribution in [3.8, 4) is 0 Å². The first kappa shape index (κ1) is 20.5. The van der Waals surface area contributed by atoms with Crippen molar-refractivity contribution in [1.29, 1.82) is 0 Å². The van der Waals surface area contributed by atoms with Crippen LogP contribution in [-0.2, 0) is 0 Å². The minimum Gasteiger partial charge on any atom is -0.351 e. The molecule has 0 aliphatic carbocycles. The van der Waals surface area contributed by atoms with Crippen molar-refractivity contribution < 1.29 is 9.32 Å². The molecule has 3 rings (SSSR count). The number of carbonyl (C=O) groups is 1. The van der Waals surface area contributed by atoms with Crippen LogP contribution < -0.4 is 5.73 Å². The number of benzene rings is 1. The van der Waals surface area contributed by atoms with Gasteiger partial charge in [-0.2, -0.15) is 0 Å². The Morgan fingerprint density at radius 2 is 1.96 bits per heavy atom. The van der Waals surface area contributed by atoms with E-state index in [-0.39, 0.29) is 30.2 Å². The van der Waals surface area contributed by atoms with Crippen LogP contribution in [0.2, 0.25) is 0 Å². The lowest BCUT2D eigenvalue weighted by atomic mass is 9.89. The van der Waals surface area contributed by atoms with Crippen molar-refractivity contribution in [1.82, 2.24) is 10.1 Å². The standard InChI is InChI=1S/C20H27N3O2.ClH/c1-3-14(4-2)18-10-19(25-22-18)20(24)23-12-16(11-21)17(13-23)15-8-6-5-7-9-15;/h5-10,14,16-17H,3-4,11-13,21H2,1-2H3;1H/t16-,17+;/m1./s1. The van der Waals surface area contributed by atoms with Gasteiger partial charge >= 0.3 is 0 Å². The maximum atomic E-state index is 12.8. The summed E-state index contributed by atoms with van der Waals surface area (Å²) in [6.07, 6.45) is 1.98. The molecule has 0 saturated carbocycles. The van der Waals surface area contributed by atoms with Gasteiger partial charge in [-0.3, -0.25) is 4.79 Å². The number of nitrogens with zero attached hydrogens (tertiary/aromatic N) is 2. The van der Waals surface area contributed by atoms with Gasteiger partial charge in [0, 0.05) is 31.0 Å². The average Bonchev–Trinajstić information content (AvgIpc) is 3.30. The quantitative estimate of drug-likeness (QED) is 0.830. The Morgan fingerprint density at radius 3 is 2.58 bits per heavy atom. The zero-order valence-electron chi connectivity index (χ0n) is 15.4. The Kier molecular flexibility index (Phi) is 7.23. The van der Waals surface area contributed by atoms with E-state index < -0.39 is 0 Å². The van der Waals surface area contributed by atoms with Crippen molar-refractivity contribution in [3.63, 3.8) is 0 Å². The van der Waals surface area contributed by atoms with Gasteiger partial charge in [-0.25, -0.2) is 0 Å². The molecule has 0 unspecified atom stereocenters. The number of rotatable bonds is 6. The molecule has 1 aliphatic heterocycles. The van der Waals surface area contributed by atoms with E-state index >= 15 is 0 Å². The second-order valence-electron chi connectivity index (χ2n) is 6.85. The number of hydrogen-bond donors (Lipinski definition) is 1. The molecule has 2 atom stereocenters. The second-order valence-corrected chi connectivity index (χ2v) is 6.85. The Morgan fingerprint density at radius 1 is 1.27 bits per heavy atom. The average molecular weight is 378 g/mol. The first-order valence-corrected chi connectivity index (χ1v) is 9.18. The molecule has 1 saturated heterocycles. The summed E-state index contributed by atoms with van der Waals surface area (Å²) < 4.78 is 5.36. The molecular weight excluding hydrogens is 350 g/mol. The van der Waals surface area contributed by atoms with Gasteiger partial charge in [0.25, 0.3) is 5.91 Å². The highest BCUT2D eigenvalue weighted by molar-refractivity contribution is 5.91. The zero-order chi connectivity index (χ0) is 17.8. The molecule has 2 aromatic rings. The first-order chi connectivity index (χ1) is 12.2. The normalized spacial score (nSPS) is 19.6. The highest BCUT2D eigenvalue weighted by Gasteiger charge is 2.36. The third kappa shape index (κ3) is 4.10. The van der Waals surface area contributed by atoms with E-state index in [2.05, 4.69) is 31.1 Å². The van der Waals surface area contributed by atoms with Gasteiger partial charge in [0.05, 0.1) is 5.69 Å². The molecule has 0 bridgehead atoms. The van der Waals surface area contributed by atoms with Gasteiger partial charge in [0.1, 0.15) is 0 Å². The fourth-order valence-corrected chi connectivity index (χ4v) is 3.80. The number of hydrogen-bond acceptors (Lipinski definition) is 4. The summed E-state index contributed by atoms with van der Waals surface area (Å²) in [6, 6.07) is 12.1. The van der Waals surface area contributed by atoms with Crippen molar-refractivity contribution in [2.24, 2.45) is 11.7 Å². The minimum absolute atomic E-state index is 0. The monoisotopic (exact) mass is 377 g/mol. The Hall–Kier alpha value is -1.85. The summed E-state index contributed by atoms with van der Waals surface area (Å²) in [7, 11) is 0. The summed E-state index contributed by atoms with van der Waals surface area (Å²) in [5.74, 6) is 1.15. The van der Waals surface area contributed by atoms with E-state index in [0.29, 0.717) is 31.3 Å². The van der Waals surface area contributed by atoms with E-state index in [1.54, 1.807) is 0 Å². The van der Waals surface area contributed by atoms with Gasteiger partial charge in [-0.05, 0) is 30.9 Å². The summed E-state index contributed by atoms with van der Waals surface area (Å²) in [4.78, 5) is 14.7. The Labute approximate surface area is 161 Å². The Balaban J connectivity index is 0.00000243. The molecule has 142 valence electrons. The van der Waals surface area contributed by atoms with Gasteiger partial charge < -0.3 is 15.2 Å². The van der Waals surface area contributed by atoms with E-state index in [0.717, 1.165) is 18.5 Å². The third-order valence-corrected chi connectivity index (χ3v) is 5.40. The van der Waals surface area contributed by atoms with E-state index in [1.807, 2.05) is 29.2 Å². The molecule has 5 nitrogen and oxygen atoms in total. The number of carbonyl (C=O) groups excluding carboxylic acids is 1. The fraction of sp³-hybridized carbons (Fsp3) is 0.500. The maximum Gasteiger partial charge on any atom is 0.292 e. The zero-order valence-corrected chi connectivity index (χ0v) is 16.2. The molecular formula is C20H28ClN3O2. The summed E-state index contributed by atoms with van der Waals surface area (Å²) in [5, 5.41) is 4.12. The largest absolute Gasteiger partial charge is 0.351 e. The number of nitrogens with two attached hydrogens (primary N) is 1. The molecule has 26 heavy (non-hydrogen) atoms. The predicted molar refractivity (Wildman–Crippen MR) is 105 cm³/mol. The summed E-state index contributed by atoms with van der Waals surface area (Å²) in [6.45, 7) is 6.16. The predicted octanol–water partition coefficient (Wildman–Crippen LogP) is 3.81. The molecule has 1 aromatic carbocycles. The van der Waals surface area contributed by atoms with Crippen LogP contribution in [0.3, 0.4) is 0 Å². The smallest absolute Gasteiger partial charge is 0.292 e. The van der Waals surface area contributed by atoms with Crippen LogP contribution in [0.25, 0.3) is 0 Å². The summed E-state index contributed by atoms with van der Waals surface area (Å²) in [5.41, 5.74) is 8.09. The molecule has 6 heteroatoms. The number of halogens is 1. The van der Waals surface area contributed by atoms with Crippen LogP contribution in [0.4, 0.5) is 0 Å². The number of likely N-dealkylation sites (tertiary alicyclic amines) is 1. The minimum atomic E-state index is -0.0819. The maximum absolute atomic E-state index is 12.8. The highest BCUT2D eigenvalue weighted by Crippen LogP contribution is 2.33. The van der Waals surface area contributed by atoms with Crippen molar-refractivity contribution in [3.05, 3.63) is 53.4 Å². The van der Waals surface area contributed by atoms with Gasteiger partial charge in [0.2, 0.25) is 5.76 Å². The van der Waals surface area contributed by atoms with E-state index in [9.17, 15) is 4.79 Å². The second kappa shape index (κ2) is 9.19. The summed E-state index contributed by atoms with van der Waals surface area (Å²) >= 11 is 0. The highest BCUT2D eigenvalue weighted by atomic mass is 35.5. The van der Waals surface area contributed by atoms with Gasteiger partial charge in [0.15, 0.2) is 0 Å². The molecule has 0 radical (unpaired) electrons. The molecule has 2 N–H and O–H groups in total. The molecule has 1 fully saturated rings. The first-order valence-electron chi connectivity index (χ1n) is 9.18. The van der Waals surface area contributed by atoms with Crippen LogP contribution in [0.1, 0.15) is 60.3 Å². The fourth-order valence-electron chi connectivity index (χ4n) is 3.80. The van der Waals surface area contributed by atoms with Crippen molar-refractivity contribution in [2.75, 3.05) is 19.6 Å². The van der Waals surface area contributed by atoms with Crippen LogP contribution >= 0.6 is 12.4 Å². The molecule has 1 aromatic heterocycles. The molecule has 2 heterocycles. The Bertz CT molecular complexity index is 700. The lowest BCUT2D eigenvalue weighted by Gasteiger charge is -2.16. The lowest BCUT2D eigenvalue weighted by molar-refractivity contribution is 0.0744. The van der Waals surface area contributed by atoms with Crippen LogP contribution in [-0.4, -0.2) is 35.6 Å². The topological polar surface area (TPSA) is 72.4 Å². The van der Waals surface area contributed by atoms with Crippen molar-refractivity contribution in [2.45, 2.75) is 38.5 Å². The third-order valence-electron chi connectivity index (χ3n) is 5.40. The van der Waals surface area contributed by atoms with Gasteiger partial charge in [-0.1, -0.05) is 49.3 Å². The molecule has 1 amide bonds. The van der Waals surface area contributed by atoms with E-state index in [4.69, 9.17) is 10.3 Å². The van der Waals surface area contributed by atoms with Gasteiger partial charge in [-0.15, -0.1) is 12.4 Å². The number of amides is 1. The molecule has 1 aliphatic rings. The lowest BCUT2D eigenvalue weighted by Crippen LogP contribution is -2.29. The molecule has 0 spiro atoms. The van der Waals surface area contributed by atoms with Crippen LogP contribution in [0, 0.1) is 5.92 Å². The van der Waals surface area contributed by atoms with Crippen molar-refractivity contribution >= 4 is 18.3 Å². The van der Waals surface area contributed by atoms with Crippen LogP contribution in [0.15, 0.2) is 40.9 Å². The van der Waals surface area contributed by atoms with Crippen LogP contribution in [0.5, 0.6) is 0 Å². The number of aromatic nitrogens is 1.